The van der Waals surface area contributed by atoms with Crippen LogP contribution in [0.15, 0.2) is 42.0 Å². The molecule has 2 aromatic carbocycles. The lowest BCUT2D eigenvalue weighted by molar-refractivity contribution is -0.384. The van der Waals surface area contributed by atoms with E-state index in [1.807, 2.05) is 6.07 Å². The van der Waals surface area contributed by atoms with E-state index in [9.17, 15) is 20.2 Å². The van der Waals surface area contributed by atoms with Gasteiger partial charge < -0.3 is 19.5 Å². The van der Waals surface area contributed by atoms with Crippen molar-refractivity contribution in [3.8, 4) is 23.3 Å². The van der Waals surface area contributed by atoms with Crippen molar-refractivity contribution in [3.63, 3.8) is 0 Å². The molecule has 0 aliphatic heterocycles. The van der Waals surface area contributed by atoms with E-state index in [0.29, 0.717) is 22.8 Å². The van der Waals surface area contributed by atoms with E-state index in [1.165, 1.54) is 51.7 Å². The highest BCUT2D eigenvalue weighted by Crippen LogP contribution is 2.38. The Kier molecular flexibility index (Phi) is 6.54. The van der Waals surface area contributed by atoms with Gasteiger partial charge in [-0.05, 0) is 29.8 Å². The van der Waals surface area contributed by atoms with Crippen molar-refractivity contribution in [3.05, 3.63) is 57.6 Å². The molecule has 0 unspecified atom stereocenters. The van der Waals surface area contributed by atoms with Crippen LogP contribution >= 0.6 is 0 Å². The van der Waals surface area contributed by atoms with E-state index in [1.54, 1.807) is 12.1 Å². The maximum atomic E-state index is 12.4. The second kappa shape index (κ2) is 9.05. The molecule has 0 aliphatic carbocycles. The lowest BCUT2D eigenvalue weighted by Crippen LogP contribution is -2.13. The molecule has 0 saturated heterocycles. The maximum Gasteiger partial charge on any atom is 0.271 e. The van der Waals surface area contributed by atoms with Gasteiger partial charge in [-0.1, -0.05) is 6.07 Å². The smallest absolute Gasteiger partial charge is 0.271 e. The van der Waals surface area contributed by atoms with Crippen LogP contribution in [0, 0.1) is 21.4 Å². The van der Waals surface area contributed by atoms with Crippen molar-refractivity contribution in [2.45, 2.75) is 0 Å². The van der Waals surface area contributed by atoms with Gasteiger partial charge >= 0.3 is 0 Å². The molecule has 0 saturated carbocycles. The molecular formula is C19H17N3O6. The van der Waals surface area contributed by atoms with Crippen LogP contribution in [-0.2, 0) is 4.79 Å². The van der Waals surface area contributed by atoms with Crippen LogP contribution in [-0.4, -0.2) is 32.2 Å². The molecule has 0 aliphatic rings. The van der Waals surface area contributed by atoms with E-state index < -0.39 is 10.8 Å². The van der Waals surface area contributed by atoms with E-state index in [-0.39, 0.29) is 16.9 Å². The van der Waals surface area contributed by atoms with Gasteiger partial charge in [-0.2, -0.15) is 5.26 Å². The Morgan fingerprint density at radius 3 is 2.29 bits per heavy atom. The number of nitriles is 1. The molecule has 0 fully saturated rings. The van der Waals surface area contributed by atoms with E-state index in [2.05, 4.69) is 5.32 Å². The third kappa shape index (κ3) is 4.56. The van der Waals surface area contributed by atoms with E-state index in [0.717, 1.165) is 0 Å². The zero-order chi connectivity index (χ0) is 20.7. The lowest BCUT2D eigenvalue weighted by Gasteiger charge is -2.13. The number of amides is 1. The lowest BCUT2D eigenvalue weighted by atomic mass is 10.1. The molecule has 0 heterocycles. The van der Waals surface area contributed by atoms with Crippen LogP contribution in [0.1, 0.15) is 5.56 Å². The molecule has 1 amide bonds. The molecule has 0 aromatic heterocycles. The molecule has 0 bridgehead atoms. The summed E-state index contributed by atoms with van der Waals surface area (Å²) in [7, 11) is 4.36. The predicted molar refractivity (Wildman–Crippen MR) is 101 cm³/mol. The topological polar surface area (TPSA) is 124 Å². The van der Waals surface area contributed by atoms with Crippen LogP contribution in [0.4, 0.5) is 11.4 Å². The Morgan fingerprint density at radius 2 is 1.79 bits per heavy atom. The van der Waals surface area contributed by atoms with Gasteiger partial charge in [-0.3, -0.25) is 14.9 Å². The first kappa shape index (κ1) is 20.3. The number of nitro benzene ring substituents is 1. The fourth-order valence-corrected chi connectivity index (χ4v) is 2.40. The largest absolute Gasteiger partial charge is 0.493 e. The molecule has 9 heteroatoms. The van der Waals surface area contributed by atoms with Gasteiger partial charge in [0.2, 0.25) is 5.75 Å². The standard InChI is InChI=1S/C19H17N3O6/c1-26-16-8-12(9-17(27-2)18(16)28-3)7-13(11-20)19(23)21-14-5-4-6-15(10-14)22(24)25/h4-10H,1-3H3,(H,21,23)/b13-7+. The zero-order valence-corrected chi connectivity index (χ0v) is 15.4. The van der Waals surface area contributed by atoms with Gasteiger partial charge in [0.1, 0.15) is 11.6 Å². The predicted octanol–water partition coefficient (Wildman–Crippen LogP) is 3.17. The van der Waals surface area contributed by atoms with Crippen molar-refractivity contribution in [2.75, 3.05) is 26.6 Å². The number of carbonyl (C=O) groups is 1. The monoisotopic (exact) mass is 383 g/mol. The fourth-order valence-electron chi connectivity index (χ4n) is 2.40. The van der Waals surface area contributed by atoms with Gasteiger partial charge in [-0.25, -0.2) is 0 Å². The van der Waals surface area contributed by atoms with Crippen molar-refractivity contribution in [1.82, 2.24) is 0 Å². The highest BCUT2D eigenvalue weighted by molar-refractivity contribution is 6.09. The number of nitro groups is 1. The molecular weight excluding hydrogens is 366 g/mol. The van der Waals surface area contributed by atoms with Crippen molar-refractivity contribution < 1.29 is 23.9 Å². The quantitative estimate of drug-likeness (QED) is 0.337. The minimum atomic E-state index is -0.711. The second-order valence-corrected chi connectivity index (χ2v) is 5.39. The van der Waals surface area contributed by atoms with Crippen molar-refractivity contribution >= 4 is 23.4 Å². The van der Waals surface area contributed by atoms with Crippen LogP contribution < -0.4 is 19.5 Å². The number of nitrogens with one attached hydrogen (secondary N) is 1. The summed E-state index contributed by atoms with van der Waals surface area (Å²) in [6, 6.07) is 10.4. The molecule has 2 aromatic rings. The second-order valence-electron chi connectivity index (χ2n) is 5.39. The number of carbonyl (C=O) groups excluding carboxylic acids is 1. The Morgan fingerprint density at radius 1 is 1.14 bits per heavy atom. The molecule has 144 valence electrons. The minimum absolute atomic E-state index is 0.176. The highest BCUT2D eigenvalue weighted by atomic mass is 16.6. The number of nitrogens with zero attached hydrogens (tertiary/aromatic N) is 2. The van der Waals surface area contributed by atoms with Crippen LogP contribution in [0.2, 0.25) is 0 Å². The maximum absolute atomic E-state index is 12.4. The first-order valence-electron chi connectivity index (χ1n) is 7.91. The summed E-state index contributed by atoms with van der Waals surface area (Å²) in [6.45, 7) is 0. The minimum Gasteiger partial charge on any atom is -0.493 e. The first-order chi connectivity index (χ1) is 13.4. The Hall–Kier alpha value is -4.06. The normalized spacial score (nSPS) is 10.6. The number of non-ortho nitro benzene ring substituents is 1. The molecule has 0 spiro atoms. The summed E-state index contributed by atoms with van der Waals surface area (Å²) in [5.74, 6) is 0.396. The Labute approximate surface area is 160 Å². The molecule has 9 nitrogen and oxygen atoms in total. The third-order valence-electron chi connectivity index (χ3n) is 3.68. The SMILES string of the molecule is COc1cc(/C=C(\C#N)C(=O)Nc2cccc([N+](=O)[O-])c2)cc(OC)c1OC. The average molecular weight is 383 g/mol. The van der Waals surface area contributed by atoms with Gasteiger partial charge in [0, 0.05) is 17.8 Å². The highest BCUT2D eigenvalue weighted by Gasteiger charge is 2.15. The van der Waals surface area contributed by atoms with E-state index in [4.69, 9.17) is 14.2 Å². The van der Waals surface area contributed by atoms with Crippen molar-refractivity contribution in [2.24, 2.45) is 0 Å². The summed E-state index contributed by atoms with van der Waals surface area (Å²) < 4.78 is 15.7. The van der Waals surface area contributed by atoms with Crippen LogP contribution in [0.3, 0.4) is 0 Å². The molecule has 0 radical (unpaired) electrons. The Balaban J connectivity index is 2.35. The Bertz CT molecular complexity index is 953. The summed E-state index contributed by atoms with van der Waals surface area (Å²) >= 11 is 0. The number of anilines is 1. The average Bonchev–Trinajstić information content (AvgIpc) is 2.71. The number of ether oxygens (including phenoxy) is 3. The summed E-state index contributed by atoms with van der Waals surface area (Å²) in [6.07, 6.45) is 1.34. The van der Waals surface area contributed by atoms with Crippen LogP contribution in [0.5, 0.6) is 17.2 Å². The summed E-state index contributed by atoms with van der Waals surface area (Å²) in [5.41, 5.74) is 0.288. The molecule has 28 heavy (non-hydrogen) atoms. The van der Waals surface area contributed by atoms with Crippen molar-refractivity contribution in [1.29, 1.82) is 5.26 Å². The molecule has 0 atom stereocenters. The number of hydrogen-bond donors (Lipinski definition) is 1. The molecule has 2 rings (SSSR count). The summed E-state index contributed by atoms with van der Waals surface area (Å²) in [5, 5.41) is 22.7. The zero-order valence-electron chi connectivity index (χ0n) is 15.4. The number of benzene rings is 2. The van der Waals surface area contributed by atoms with Gasteiger partial charge in [0.15, 0.2) is 11.5 Å². The first-order valence-corrected chi connectivity index (χ1v) is 7.91. The number of hydrogen-bond acceptors (Lipinski definition) is 7. The van der Waals surface area contributed by atoms with Gasteiger partial charge in [0.05, 0.1) is 26.3 Å². The fraction of sp³-hybridized carbons (Fsp3) is 0.158. The molecule has 1 N–H and O–H groups in total. The summed E-state index contributed by atoms with van der Waals surface area (Å²) in [4.78, 5) is 22.7. The van der Waals surface area contributed by atoms with Gasteiger partial charge in [0.25, 0.3) is 11.6 Å². The van der Waals surface area contributed by atoms with Gasteiger partial charge in [-0.15, -0.1) is 0 Å². The van der Waals surface area contributed by atoms with E-state index >= 15 is 0 Å². The number of rotatable bonds is 7. The number of methoxy groups -OCH3 is 3. The third-order valence-corrected chi connectivity index (χ3v) is 3.68. The van der Waals surface area contributed by atoms with Crippen LogP contribution in [0.25, 0.3) is 6.08 Å².